The third-order valence-corrected chi connectivity index (χ3v) is 13.9. The number of hydrogen-bond donors (Lipinski definition) is 0. The van der Waals surface area contributed by atoms with Gasteiger partial charge >= 0.3 is 17.9 Å². The van der Waals surface area contributed by atoms with Crippen LogP contribution in [0, 0.1) is 0 Å². The molecule has 1 unspecified atom stereocenters. The van der Waals surface area contributed by atoms with Gasteiger partial charge in [0.05, 0.1) is 0 Å². The maximum atomic E-state index is 12.9. The fraction of sp³-hybridized carbons (Fsp3) is 0.859. The minimum Gasteiger partial charge on any atom is -0.462 e. The largest absolute Gasteiger partial charge is 0.462 e. The zero-order valence-electron chi connectivity index (χ0n) is 47.1. The lowest BCUT2D eigenvalue weighted by atomic mass is 10.0. The number of rotatable bonds is 57. The van der Waals surface area contributed by atoms with Crippen molar-refractivity contribution in [2.45, 2.75) is 341 Å². The average molecular weight is 984 g/mol. The maximum Gasteiger partial charge on any atom is 0.306 e. The van der Waals surface area contributed by atoms with E-state index in [4.69, 9.17) is 14.2 Å². The topological polar surface area (TPSA) is 78.9 Å². The summed E-state index contributed by atoms with van der Waals surface area (Å²) in [5, 5.41) is 0. The van der Waals surface area contributed by atoms with Crippen molar-refractivity contribution in [3.05, 3.63) is 36.5 Å². The molecule has 0 fully saturated rings. The molecule has 70 heavy (non-hydrogen) atoms. The molecule has 0 aliphatic carbocycles. The van der Waals surface area contributed by atoms with Gasteiger partial charge in [-0.25, -0.2) is 0 Å². The highest BCUT2D eigenvalue weighted by Crippen LogP contribution is 2.17. The van der Waals surface area contributed by atoms with Gasteiger partial charge in [-0.3, -0.25) is 14.4 Å². The Balaban J connectivity index is 4.32. The Labute approximate surface area is 435 Å². The Morgan fingerprint density at radius 1 is 0.286 bits per heavy atom. The Bertz CT molecular complexity index is 1170. The van der Waals surface area contributed by atoms with E-state index < -0.39 is 6.10 Å². The van der Waals surface area contributed by atoms with Gasteiger partial charge in [-0.15, -0.1) is 0 Å². The van der Waals surface area contributed by atoms with Crippen LogP contribution in [0.25, 0.3) is 0 Å². The molecule has 0 heterocycles. The Morgan fingerprint density at radius 2 is 0.529 bits per heavy atom. The van der Waals surface area contributed by atoms with Crippen molar-refractivity contribution < 1.29 is 28.6 Å². The number of esters is 3. The molecule has 0 aliphatic heterocycles. The number of unbranched alkanes of at least 4 members (excludes halogenated alkanes) is 40. The minimum absolute atomic E-state index is 0.0745. The van der Waals surface area contributed by atoms with Gasteiger partial charge in [0.1, 0.15) is 13.2 Å². The van der Waals surface area contributed by atoms with Gasteiger partial charge < -0.3 is 14.2 Å². The lowest BCUT2D eigenvalue weighted by Crippen LogP contribution is -2.30. The first kappa shape index (κ1) is 67.6. The molecule has 0 aromatic heterocycles. The molecular weight excluding hydrogens is 865 g/mol. The molecule has 0 aliphatic rings. The zero-order chi connectivity index (χ0) is 50.7. The van der Waals surface area contributed by atoms with Gasteiger partial charge in [-0.1, -0.05) is 282 Å². The van der Waals surface area contributed by atoms with Crippen molar-refractivity contribution in [2.24, 2.45) is 0 Å². The number of hydrogen-bond acceptors (Lipinski definition) is 6. The van der Waals surface area contributed by atoms with Crippen LogP contribution in [-0.4, -0.2) is 37.2 Å². The van der Waals surface area contributed by atoms with Crippen molar-refractivity contribution in [2.75, 3.05) is 13.2 Å². The summed E-state index contributed by atoms with van der Waals surface area (Å²) in [6.45, 7) is 6.64. The molecule has 0 N–H and O–H groups in total. The van der Waals surface area contributed by atoms with E-state index in [9.17, 15) is 14.4 Å². The fourth-order valence-electron chi connectivity index (χ4n) is 9.16. The van der Waals surface area contributed by atoms with Crippen LogP contribution in [0.3, 0.4) is 0 Å². The quantitative estimate of drug-likeness (QED) is 0.0261. The first-order valence-corrected chi connectivity index (χ1v) is 31.0. The van der Waals surface area contributed by atoms with Crippen LogP contribution in [0.4, 0.5) is 0 Å². The van der Waals surface area contributed by atoms with Gasteiger partial charge in [-0.05, 0) is 70.6 Å². The van der Waals surface area contributed by atoms with Crippen LogP contribution in [0.15, 0.2) is 36.5 Å². The molecule has 0 spiro atoms. The summed E-state index contributed by atoms with van der Waals surface area (Å²) in [7, 11) is 0. The Kier molecular flexibility index (Phi) is 57.2. The predicted octanol–water partition coefficient (Wildman–Crippen LogP) is 20.8. The number of carbonyl (C=O) groups is 3. The molecule has 6 nitrogen and oxygen atoms in total. The van der Waals surface area contributed by atoms with Gasteiger partial charge in [-0.2, -0.15) is 0 Å². The first-order valence-electron chi connectivity index (χ1n) is 31.0. The van der Waals surface area contributed by atoms with E-state index in [0.717, 1.165) is 77.0 Å². The van der Waals surface area contributed by atoms with Crippen LogP contribution >= 0.6 is 0 Å². The highest BCUT2D eigenvalue weighted by Gasteiger charge is 2.19. The van der Waals surface area contributed by atoms with Gasteiger partial charge in [0.2, 0.25) is 0 Å². The molecule has 0 saturated heterocycles. The molecule has 0 rings (SSSR count). The van der Waals surface area contributed by atoms with E-state index in [1.54, 1.807) is 0 Å². The molecule has 410 valence electrons. The van der Waals surface area contributed by atoms with Crippen LogP contribution in [-0.2, 0) is 28.6 Å². The summed E-state index contributed by atoms with van der Waals surface area (Å²) < 4.78 is 16.9. The second kappa shape index (κ2) is 59.2. The molecule has 0 saturated carbocycles. The van der Waals surface area contributed by atoms with E-state index >= 15 is 0 Å². The lowest BCUT2D eigenvalue weighted by Gasteiger charge is -2.18. The van der Waals surface area contributed by atoms with Crippen molar-refractivity contribution in [3.8, 4) is 0 Å². The lowest BCUT2D eigenvalue weighted by molar-refractivity contribution is -0.167. The normalized spacial score (nSPS) is 12.2. The predicted molar refractivity (Wildman–Crippen MR) is 302 cm³/mol. The zero-order valence-corrected chi connectivity index (χ0v) is 47.1. The van der Waals surface area contributed by atoms with Crippen molar-refractivity contribution in [1.82, 2.24) is 0 Å². The van der Waals surface area contributed by atoms with E-state index in [-0.39, 0.29) is 31.1 Å². The van der Waals surface area contributed by atoms with Crippen LogP contribution in [0.2, 0.25) is 0 Å². The van der Waals surface area contributed by atoms with Crippen molar-refractivity contribution in [3.63, 3.8) is 0 Å². The Morgan fingerprint density at radius 3 is 0.843 bits per heavy atom. The molecule has 6 heteroatoms. The summed E-state index contributed by atoms with van der Waals surface area (Å²) in [5.41, 5.74) is 0. The first-order chi connectivity index (χ1) is 34.5. The molecule has 0 amide bonds. The third-order valence-electron chi connectivity index (χ3n) is 13.9. The summed E-state index contributed by atoms with van der Waals surface area (Å²) in [4.78, 5) is 38.2. The van der Waals surface area contributed by atoms with Crippen molar-refractivity contribution >= 4 is 17.9 Å². The summed E-state index contributed by atoms with van der Waals surface area (Å²) >= 11 is 0. The third kappa shape index (κ3) is 56.5. The monoisotopic (exact) mass is 983 g/mol. The summed E-state index contributed by atoms with van der Waals surface area (Å²) in [5.74, 6) is -0.872. The molecule has 0 aromatic rings. The summed E-state index contributed by atoms with van der Waals surface area (Å²) in [6.07, 6.45) is 71.4. The fourth-order valence-corrected chi connectivity index (χ4v) is 9.16. The van der Waals surface area contributed by atoms with E-state index in [1.165, 1.54) is 218 Å². The maximum absolute atomic E-state index is 12.9. The van der Waals surface area contributed by atoms with Crippen LogP contribution < -0.4 is 0 Å². The molecule has 1 atom stereocenters. The van der Waals surface area contributed by atoms with Crippen LogP contribution in [0.1, 0.15) is 335 Å². The number of ether oxygens (including phenoxy) is 3. The summed E-state index contributed by atoms with van der Waals surface area (Å²) in [6, 6.07) is 0. The molecule has 0 radical (unpaired) electrons. The van der Waals surface area contributed by atoms with Crippen LogP contribution in [0.5, 0.6) is 0 Å². The standard InChI is InChI=1S/C64H118O6/c1-4-7-10-13-16-19-22-25-28-30-32-33-35-36-39-42-45-48-51-54-57-63(66)69-60-61(59-68-62(65)56-53-50-47-44-41-38-27-24-21-18-15-12-9-6-3)70-64(67)58-55-52-49-46-43-40-37-34-31-29-26-23-20-17-14-11-8-5-2/h15,18,24,27,29,31,61H,4-14,16-17,19-23,25-26,28,30,32-60H2,1-3H3/b18-15-,27-24-,31-29-. The minimum atomic E-state index is -0.778. The SMILES string of the molecule is CCCC/C=C\C/C=C\CCCCCCCC(=O)OCC(COC(=O)CCCCCCCCCCCCCCCCCCCCCC)OC(=O)CCCCCCCCC/C=C\CCCCCCCCC. The van der Waals surface area contributed by atoms with E-state index in [0.29, 0.717) is 19.3 Å². The van der Waals surface area contributed by atoms with Gasteiger partial charge in [0.15, 0.2) is 6.10 Å². The molecule has 0 bridgehead atoms. The van der Waals surface area contributed by atoms with Crippen molar-refractivity contribution in [1.29, 1.82) is 0 Å². The average Bonchev–Trinajstić information content (AvgIpc) is 3.36. The van der Waals surface area contributed by atoms with E-state index in [2.05, 4.69) is 57.2 Å². The number of allylic oxidation sites excluding steroid dienone is 6. The molecule has 0 aromatic carbocycles. The van der Waals surface area contributed by atoms with Gasteiger partial charge in [0, 0.05) is 19.3 Å². The highest BCUT2D eigenvalue weighted by molar-refractivity contribution is 5.71. The van der Waals surface area contributed by atoms with E-state index in [1.807, 2.05) is 0 Å². The smallest absolute Gasteiger partial charge is 0.306 e. The highest BCUT2D eigenvalue weighted by atomic mass is 16.6. The number of carbonyl (C=O) groups excluding carboxylic acids is 3. The Hall–Kier alpha value is -2.37. The van der Waals surface area contributed by atoms with Gasteiger partial charge in [0.25, 0.3) is 0 Å². The molecular formula is C64H118O6. The second-order valence-electron chi connectivity index (χ2n) is 21.0. The second-order valence-corrected chi connectivity index (χ2v) is 21.0.